The number of benzene rings is 1. The van der Waals surface area contributed by atoms with Crippen molar-refractivity contribution >= 4 is 11.9 Å². The Morgan fingerprint density at radius 2 is 2.10 bits per heavy atom. The summed E-state index contributed by atoms with van der Waals surface area (Å²) < 4.78 is 5.49. The monoisotopic (exact) mass is 293 g/mol. The van der Waals surface area contributed by atoms with Crippen LogP contribution in [0.3, 0.4) is 0 Å². The average molecular weight is 293 g/mol. The molecule has 1 unspecified atom stereocenters. The van der Waals surface area contributed by atoms with Gasteiger partial charge in [-0.25, -0.2) is 0 Å². The van der Waals surface area contributed by atoms with Crippen LogP contribution < -0.4 is 10.1 Å². The Labute approximate surface area is 125 Å². The van der Waals surface area contributed by atoms with Gasteiger partial charge in [0.2, 0.25) is 0 Å². The van der Waals surface area contributed by atoms with Crippen molar-refractivity contribution in [2.75, 3.05) is 13.2 Å². The van der Waals surface area contributed by atoms with Crippen molar-refractivity contribution in [2.45, 2.75) is 33.1 Å². The fourth-order valence-corrected chi connectivity index (χ4v) is 1.89. The standard InChI is InChI=1S/C16H23NO4/c1-3-8-21-14-7-5-6-13(10-14)16(20)17-11-12(4-2)9-15(18)19/h5-7,10,12H,3-4,8-9,11H2,1-2H3,(H,17,20)(H,18,19). The topological polar surface area (TPSA) is 75.6 Å². The third-order valence-corrected chi connectivity index (χ3v) is 3.16. The molecular formula is C16H23NO4. The smallest absolute Gasteiger partial charge is 0.303 e. The summed E-state index contributed by atoms with van der Waals surface area (Å²) in [7, 11) is 0. The number of hydrogen-bond acceptors (Lipinski definition) is 3. The lowest BCUT2D eigenvalue weighted by molar-refractivity contribution is -0.138. The summed E-state index contributed by atoms with van der Waals surface area (Å²) in [5, 5.41) is 11.6. The molecule has 5 heteroatoms. The van der Waals surface area contributed by atoms with Crippen molar-refractivity contribution < 1.29 is 19.4 Å². The third-order valence-electron chi connectivity index (χ3n) is 3.16. The molecule has 0 aliphatic rings. The highest BCUT2D eigenvalue weighted by atomic mass is 16.5. The van der Waals surface area contributed by atoms with Gasteiger partial charge in [0.15, 0.2) is 0 Å². The Balaban J connectivity index is 2.56. The number of amides is 1. The molecule has 1 aromatic carbocycles. The Bertz CT molecular complexity index is 473. The molecule has 1 amide bonds. The number of nitrogens with one attached hydrogen (secondary N) is 1. The van der Waals surface area contributed by atoms with Crippen LogP contribution in [0.4, 0.5) is 0 Å². The molecule has 0 bridgehead atoms. The van der Waals surface area contributed by atoms with Crippen LogP contribution in [0.25, 0.3) is 0 Å². The van der Waals surface area contributed by atoms with Gasteiger partial charge in [-0.3, -0.25) is 9.59 Å². The zero-order valence-corrected chi connectivity index (χ0v) is 12.6. The van der Waals surface area contributed by atoms with E-state index in [2.05, 4.69) is 5.32 Å². The molecule has 0 heterocycles. The van der Waals surface area contributed by atoms with E-state index in [1.54, 1.807) is 18.2 Å². The first-order chi connectivity index (χ1) is 10.1. The number of carboxylic acid groups (broad SMARTS) is 1. The molecule has 0 aliphatic carbocycles. The lowest BCUT2D eigenvalue weighted by Crippen LogP contribution is -2.30. The molecule has 116 valence electrons. The lowest BCUT2D eigenvalue weighted by atomic mass is 10.0. The zero-order valence-electron chi connectivity index (χ0n) is 12.6. The number of carbonyl (C=O) groups excluding carboxylic acids is 1. The van der Waals surface area contributed by atoms with Gasteiger partial charge >= 0.3 is 5.97 Å². The van der Waals surface area contributed by atoms with Crippen molar-refractivity contribution in [2.24, 2.45) is 5.92 Å². The molecule has 1 rings (SSSR count). The Morgan fingerprint density at radius 3 is 2.71 bits per heavy atom. The summed E-state index contributed by atoms with van der Waals surface area (Å²) >= 11 is 0. The van der Waals surface area contributed by atoms with Crippen molar-refractivity contribution in [1.82, 2.24) is 5.32 Å². The Morgan fingerprint density at radius 1 is 1.33 bits per heavy atom. The highest BCUT2D eigenvalue weighted by Gasteiger charge is 2.13. The molecule has 0 saturated heterocycles. The van der Waals surface area contributed by atoms with Gasteiger partial charge in [-0.15, -0.1) is 0 Å². The van der Waals surface area contributed by atoms with E-state index < -0.39 is 5.97 Å². The van der Waals surface area contributed by atoms with Crippen molar-refractivity contribution in [3.05, 3.63) is 29.8 Å². The van der Waals surface area contributed by atoms with E-state index in [9.17, 15) is 9.59 Å². The van der Waals surface area contributed by atoms with Crippen LogP contribution in [-0.2, 0) is 4.79 Å². The number of rotatable bonds is 9. The Hall–Kier alpha value is -2.04. The second kappa shape index (κ2) is 9.00. The van der Waals surface area contributed by atoms with Crippen molar-refractivity contribution in [1.29, 1.82) is 0 Å². The molecule has 1 atom stereocenters. The summed E-state index contributed by atoms with van der Waals surface area (Å²) in [6.07, 6.45) is 1.69. The summed E-state index contributed by atoms with van der Waals surface area (Å²) in [6.45, 7) is 4.91. The number of carboxylic acids is 1. The van der Waals surface area contributed by atoms with Gasteiger partial charge in [-0.2, -0.15) is 0 Å². The molecule has 0 spiro atoms. The number of carbonyl (C=O) groups is 2. The van der Waals surface area contributed by atoms with E-state index in [4.69, 9.17) is 9.84 Å². The second-order valence-electron chi connectivity index (χ2n) is 4.96. The van der Waals surface area contributed by atoms with Crippen LogP contribution in [0, 0.1) is 5.92 Å². The maximum atomic E-state index is 12.1. The maximum Gasteiger partial charge on any atom is 0.303 e. The number of hydrogen-bond donors (Lipinski definition) is 2. The first-order valence-corrected chi connectivity index (χ1v) is 7.29. The van der Waals surface area contributed by atoms with Gasteiger partial charge in [-0.05, 0) is 30.5 Å². The lowest BCUT2D eigenvalue weighted by Gasteiger charge is -2.13. The van der Waals surface area contributed by atoms with Crippen LogP contribution in [0.5, 0.6) is 5.75 Å². The summed E-state index contributed by atoms with van der Waals surface area (Å²) in [5.41, 5.74) is 0.522. The van der Waals surface area contributed by atoms with E-state index in [1.165, 1.54) is 0 Å². The van der Waals surface area contributed by atoms with Gasteiger partial charge in [0.25, 0.3) is 5.91 Å². The molecule has 0 fully saturated rings. The minimum Gasteiger partial charge on any atom is -0.494 e. The van der Waals surface area contributed by atoms with Crippen LogP contribution in [-0.4, -0.2) is 30.1 Å². The fraction of sp³-hybridized carbons (Fsp3) is 0.500. The highest BCUT2D eigenvalue weighted by Crippen LogP contribution is 2.14. The normalized spacial score (nSPS) is 11.7. The summed E-state index contributed by atoms with van der Waals surface area (Å²) in [5.74, 6) is -0.431. The average Bonchev–Trinajstić information content (AvgIpc) is 2.48. The van der Waals surface area contributed by atoms with Crippen molar-refractivity contribution in [3.8, 4) is 5.75 Å². The van der Waals surface area contributed by atoms with Crippen LogP contribution in [0.2, 0.25) is 0 Å². The van der Waals surface area contributed by atoms with E-state index in [0.717, 1.165) is 6.42 Å². The predicted octanol–water partition coefficient (Wildman–Crippen LogP) is 2.71. The molecule has 21 heavy (non-hydrogen) atoms. The molecule has 0 saturated carbocycles. The minimum absolute atomic E-state index is 0.0500. The predicted molar refractivity (Wildman–Crippen MR) is 80.6 cm³/mol. The third kappa shape index (κ3) is 6.29. The highest BCUT2D eigenvalue weighted by molar-refractivity contribution is 5.94. The summed E-state index contributed by atoms with van der Waals surface area (Å²) in [4.78, 5) is 22.8. The first-order valence-electron chi connectivity index (χ1n) is 7.29. The van der Waals surface area contributed by atoms with Gasteiger partial charge in [-0.1, -0.05) is 26.3 Å². The van der Waals surface area contributed by atoms with E-state index in [0.29, 0.717) is 30.9 Å². The van der Waals surface area contributed by atoms with Gasteiger partial charge in [0, 0.05) is 18.5 Å². The van der Waals surface area contributed by atoms with Gasteiger partial charge in [0.05, 0.1) is 6.61 Å². The van der Waals surface area contributed by atoms with Crippen molar-refractivity contribution in [3.63, 3.8) is 0 Å². The van der Waals surface area contributed by atoms with Crippen LogP contribution >= 0.6 is 0 Å². The van der Waals surface area contributed by atoms with Gasteiger partial charge in [0.1, 0.15) is 5.75 Å². The Kier molecular flexibility index (Phi) is 7.29. The molecule has 5 nitrogen and oxygen atoms in total. The van der Waals surface area contributed by atoms with E-state index in [1.807, 2.05) is 19.9 Å². The molecule has 0 aliphatic heterocycles. The van der Waals surface area contributed by atoms with Crippen LogP contribution in [0.1, 0.15) is 43.5 Å². The van der Waals surface area contributed by atoms with E-state index in [-0.39, 0.29) is 18.2 Å². The quantitative estimate of drug-likeness (QED) is 0.734. The fourth-order valence-electron chi connectivity index (χ4n) is 1.89. The SMILES string of the molecule is CCCOc1cccc(C(=O)NCC(CC)CC(=O)O)c1. The van der Waals surface area contributed by atoms with Gasteiger partial charge < -0.3 is 15.2 Å². The molecule has 2 N–H and O–H groups in total. The maximum absolute atomic E-state index is 12.1. The second-order valence-corrected chi connectivity index (χ2v) is 4.96. The number of aliphatic carboxylic acids is 1. The molecule has 1 aromatic rings. The number of ether oxygens (including phenoxy) is 1. The largest absolute Gasteiger partial charge is 0.494 e. The molecule has 0 radical (unpaired) electrons. The minimum atomic E-state index is -0.842. The zero-order chi connectivity index (χ0) is 15.7. The summed E-state index contributed by atoms with van der Waals surface area (Å²) in [6, 6.07) is 7.00. The van der Waals surface area contributed by atoms with E-state index >= 15 is 0 Å². The first kappa shape index (κ1) is 17.0. The molecule has 0 aromatic heterocycles. The molecular weight excluding hydrogens is 270 g/mol. The van der Waals surface area contributed by atoms with Crippen LogP contribution in [0.15, 0.2) is 24.3 Å².